The Kier molecular flexibility index (Phi) is 7.50. The van der Waals surface area contributed by atoms with E-state index in [-0.39, 0.29) is 30.3 Å². The molecule has 0 aliphatic carbocycles. The number of nitrogens with zero attached hydrogens (tertiary/aromatic N) is 3. The Balaban J connectivity index is 1.55. The molecule has 2 heterocycles. The van der Waals surface area contributed by atoms with Gasteiger partial charge in [-0.2, -0.15) is 0 Å². The van der Waals surface area contributed by atoms with Gasteiger partial charge in [0.05, 0.1) is 12.0 Å². The molecule has 0 fully saturated rings. The van der Waals surface area contributed by atoms with Gasteiger partial charge in [-0.3, -0.25) is 19.4 Å². The van der Waals surface area contributed by atoms with Gasteiger partial charge in [0.2, 0.25) is 11.8 Å². The molecule has 3 unspecified atom stereocenters. The Labute approximate surface area is 227 Å². The van der Waals surface area contributed by atoms with Crippen molar-refractivity contribution in [3.05, 3.63) is 126 Å². The smallest absolute Gasteiger partial charge is 0.258 e. The Morgan fingerprint density at radius 1 is 0.897 bits per heavy atom. The fourth-order valence-electron chi connectivity index (χ4n) is 5.40. The fraction of sp³-hybridized carbons (Fsp3) is 0.188. The number of carbonyl (C=O) groups excluding carboxylic acids is 3. The van der Waals surface area contributed by atoms with Crippen LogP contribution in [-0.4, -0.2) is 28.7 Å². The summed E-state index contributed by atoms with van der Waals surface area (Å²) in [6.07, 6.45) is 3.66. The van der Waals surface area contributed by atoms with Gasteiger partial charge in [0.1, 0.15) is 0 Å². The number of nitrogens with two attached hydrogens (primary N) is 1. The fourth-order valence-corrected chi connectivity index (χ4v) is 5.40. The summed E-state index contributed by atoms with van der Waals surface area (Å²) in [7, 11) is 0. The highest BCUT2D eigenvalue weighted by Crippen LogP contribution is 2.43. The van der Waals surface area contributed by atoms with E-state index in [4.69, 9.17) is 5.73 Å². The van der Waals surface area contributed by atoms with Crippen LogP contribution in [0, 0.1) is 0 Å². The average Bonchev–Trinajstić information content (AvgIpc) is 2.97. The van der Waals surface area contributed by atoms with Gasteiger partial charge >= 0.3 is 0 Å². The van der Waals surface area contributed by atoms with E-state index < -0.39 is 11.8 Å². The standard InChI is InChI=1S/C32H30N4O3/c1-22-20-29(26-14-8-9-15-28(26)35(22)32(39)24-16-18-34-19-17-24)36(25-12-6-3-7-13-25)30(37)21-27(31(33)38)23-10-4-2-5-11-23/h2-19,22,27,29H,20-21H2,1H3,(H2,33,38). The summed E-state index contributed by atoms with van der Waals surface area (Å²) in [6.45, 7) is 1.99. The number of rotatable bonds is 7. The lowest BCUT2D eigenvalue weighted by Gasteiger charge is -2.43. The van der Waals surface area contributed by atoms with Gasteiger partial charge in [-0.1, -0.05) is 66.7 Å². The normalized spacial score (nSPS) is 17.1. The zero-order valence-corrected chi connectivity index (χ0v) is 21.7. The number of primary amides is 1. The molecule has 1 aliphatic heterocycles. The van der Waals surface area contributed by atoms with Gasteiger partial charge in [-0.05, 0) is 54.8 Å². The van der Waals surface area contributed by atoms with Crippen LogP contribution in [0.25, 0.3) is 0 Å². The minimum Gasteiger partial charge on any atom is -0.369 e. The van der Waals surface area contributed by atoms with E-state index in [0.29, 0.717) is 17.5 Å². The van der Waals surface area contributed by atoms with Crippen molar-refractivity contribution in [2.75, 3.05) is 9.80 Å². The molecule has 0 spiro atoms. The Morgan fingerprint density at radius 2 is 1.51 bits per heavy atom. The summed E-state index contributed by atoms with van der Waals surface area (Å²) in [4.78, 5) is 47.8. The zero-order valence-electron chi connectivity index (χ0n) is 21.7. The molecule has 1 aromatic heterocycles. The third-order valence-electron chi connectivity index (χ3n) is 7.25. The minimum absolute atomic E-state index is 0.0685. The number of pyridine rings is 1. The molecule has 5 rings (SSSR count). The third kappa shape index (κ3) is 5.29. The van der Waals surface area contributed by atoms with E-state index in [1.807, 2.05) is 91.9 Å². The molecule has 7 nitrogen and oxygen atoms in total. The van der Waals surface area contributed by atoms with Crippen LogP contribution < -0.4 is 15.5 Å². The number of fused-ring (bicyclic) bond motifs is 1. The number of anilines is 2. The van der Waals surface area contributed by atoms with Crippen molar-refractivity contribution >= 4 is 29.1 Å². The monoisotopic (exact) mass is 518 g/mol. The molecule has 0 radical (unpaired) electrons. The molecular weight excluding hydrogens is 488 g/mol. The highest BCUT2D eigenvalue weighted by Gasteiger charge is 2.39. The van der Waals surface area contributed by atoms with Crippen molar-refractivity contribution in [2.24, 2.45) is 5.73 Å². The van der Waals surface area contributed by atoms with Crippen molar-refractivity contribution in [1.82, 2.24) is 4.98 Å². The summed E-state index contributed by atoms with van der Waals surface area (Å²) in [5.41, 5.74) is 9.38. The van der Waals surface area contributed by atoms with Crippen molar-refractivity contribution in [2.45, 2.75) is 37.8 Å². The molecule has 2 N–H and O–H groups in total. The minimum atomic E-state index is -0.758. The second kappa shape index (κ2) is 11.3. The van der Waals surface area contributed by atoms with Gasteiger partial charge in [0, 0.05) is 41.8 Å². The van der Waals surface area contributed by atoms with Crippen LogP contribution in [0.15, 0.2) is 109 Å². The average molecular weight is 519 g/mol. The van der Waals surface area contributed by atoms with Crippen LogP contribution >= 0.6 is 0 Å². The number of benzene rings is 3. The SMILES string of the molecule is CC1CC(N(C(=O)CC(C(N)=O)c2ccccc2)c2ccccc2)c2ccccc2N1C(=O)c1ccncc1. The lowest BCUT2D eigenvalue weighted by atomic mass is 9.88. The number of amides is 3. The Hall–Kier alpha value is -4.78. The molecule has 7 heteroatoms. The summed E-state index contributed by atoms with van der Waals surface area (Å²) < 4.78 is 0. The van der Waals surface area contributed by atoms with Crippen LogP contribution in [-0.2, 0) is 9.59 Å². The van der Waals surface area contributed by atoms with Crippen molar-refractivity contribution in [3.8, 4) is 0 Å². The molecule has 0 saturated carbocycles. The van der Waals surface area contributed by atoms with Crippen LogP contribution in [0.5, 0.6) is 0 Å². The maximum absolute atomic E-state index is 14.1. The first-order valence-electron chi connectivity index (χ1n) is 13.0. The second-order valence-electron chi connectivity index (χ2n) is 9.74. The Bertz CT molecular complexity index is 1460. The van der Waals surface area contributed by atoms with E-state index in [9.17, 15) is 14.4 Å². The maximum atomic E-state index is 14.1. The molecule has 3 amide bonds. The van der Waals surface area contributed by atoms with Crippen LogP contribution in [0.3, 0.4) is 0 Å². The lowest BCUT2D eigenvalue weighted by molar-refractivity contribution is -0.125. The third-order valence-corrected chi connectivity index (χ3v) is 7.25. The van der Waals surface area contributed by atoms with E-state index in [1.165, 1.54) is 0 Å². The predicted octanol–water partition coefficient (Wildman–Crippen LogP) is 5.25. The van der Waals surface area contributed by atoms with E-state index in [2.05, 4.69) is 4.98 Å². The molecule has 3 atom stereocenters. The molecule has 1 aliphatic rings. The maximum Gasteiger partial charge on any atom is 0.258 e. The first-order chi connectivity index (χ1) is 19.0. The van der Waals surface area contributed by atoms with Gasteiger partial charge < -0.3 is 15.5 Å². The summed E-state index contributed by atoms with van der Waals surface area (Å²) in [5.74, 6) is -1.64. The molecule has 196 valence electrons. The van der Waals surface area contributed by atoms with E-state index in [1.54, 1.807) is 34.3 Å². The highest BCUT2D eigenvalue weighted by atomic mass is 16.2. The largest absolute Gasteiger partial charge is 0.369 e. The van der Waals surface area contributed by atoms with Crippen molar-refractivity contribution in [1.29, 1.82) is 0 Å². The summed E-state index contributed by atoms with van der Waals surface area (Å²) in [5, 5.41) is 0. The number of aromatic nitrogens is 1. The first kappa shape index (κ1) is 25.9. The van der Waals surface area contributed by atoms with Crippen molar-refractivity contribution < 1.29 is 14.4 Å². The van der Waals surface area contributed by atoms with Gasteiger partial charge in [-0.25, -0.2) is 0 Å². The Morgan fingerprint density at radius 3 is 2.18 bits per heavy atom. The van der Waals surface area contributed by atoms with Crippen LogP contribution in [0.1, 0.15) is 53.2 Å². The van der Waals surface area contributed by atoms with E-state index >= 15 is 0 Å². The molecule has 0 bridgehead atoms. The second-order valence-corrected chi connectivity index (χ2v) is 9.74. The number of hydrogen-bond acceptors (Lipinski definition) is 4. The van der Waals surface area contributed by atoms with Crippen molar-refractivity contribution in [3.63, 3.8) is 0 Å². The van der Waals surface area contributed by atoms with Crippen LogP contribution in [0.4, 0.5) is 11.4 Å². The number of hydrogen-bond donors (Lipinski definition) is 1. The predicted molar refractivity (Wildman–Crippen MR) is 151 cm³/mol. The molecule has 0 saturated heterocycles. The van der Waals surface area contributed by atoms with Gasteiger partial charge in [-0.15, -0.1) is 0 Å². The first-order valence-corrected chi connectivity index (χ1v) is 13.0. The number of para-hydroxylation sites is 2. The van der Waals surface area contributed by atoms with Crippen LogP contribution in [0.2, 0.25) is 0 Å². The van der Waals surface area contributed by atoms with E-state index in [0.717, 1.165) is 16.9 Å². The molecular formula is C32H30N4O3. The molecule has 4 aromatic rings. The molecule has 3 aromatic carbocycles. The topological polar surface area (TPSA) is 96.6 Å². The quantitative estimate of drug-likeness (QED) is 0.361. The summed E-state index contributed by atoms with van der Waals surface area (Å²) in [6, 6.07) is 29.2. The molecule has 39 heavy (non-hydrogen) atoms. The lowest BCUT2D eigenvalue weighted by Crippen LogP contribution is -2.48. The highest BCUT2D eigenvalue weighted by molar-refractivity contribution is 6.07. The van der Waals surface area contributed by atoms with Gasteiger partial charge in [0.15, 0.2) is 0 Å². The number of carbonyl (C=O) groups is 3. The van der Waals surface area contributed by atoms with Gasteiger partial charge in [0.25, 0.3) is 5.91 Å². The zero-order chi connectivity index (χ0) is 27.4. The summed E-state index contributed by atoms with van der Waals surface area (Å²) >= 11 is 0.